The zero-order valence-electron chi connectivity index (χ0n) is 13.1. The van der Waals surface area contributed by atoms with Gasteiger partial charge in [0.15, 0.2) is 5.13 Å². The molecule has 0 saturated carbocycles. The van der Waals surface area contributed by atoms with Crippen LogP contribution in [-0.4, -0.2) is 17.4 Å². The van der Waals surface area contributed by atoms with Gasteiger partial charge in [0.1, 0.15) is 11.8 Å². The van der Waals surface area contributed by atoms with Crippen LogP contribution in [0.2, 0.25) is 5.02 Å². The summed E-state index contributed by atoms with van der Waals surface area (Å²) in [6.07, 6.45) is -4.79. The van der Waals surface area contributed by atoms with Crippen LogP contribution in [0.3, 0.4) is 0 Å². The number of ether oxygens (including phenoxy) is 1. The average molecular weight is 413 g/mol. The topological polar surface area (TPSA) is 87.0 Å². The van der Waals surface area contributed by atoms with E-state index in [9.17, 15) is 18.0 Å². The second-order valence-corrected chi connectivity index (χ2v) is 6.52. The third-order valence-corrected chi connectivity index (χ3v) is 4.42. The normalized spacial score (nSPS) is 11.1. The van der Waals surface area contributed by atoms with E-state index in [0.29, 0.717) is 15.9 Å². The largest absolute Gasteiger partial charge is 0.573 e. The molecule has 0 bridgehead atoms. The van der Waals surface area contributed by atoms with Gasteiger partial charge in [-0.1, -0.05) is 22.9 Å². The van der Waals surface area contributed by atoms with E-state index in [-0.39, 0.29) is 21.5 Å². The Labute approximate surface area is 159 Å². The SMILES string of the molecule is N#Cc1cc(NC(=O)Nc2nc3ccc(OC(F)(F)F)cc3s2)ccc1Cl. The van der Waals surface area contributed by atoms with Crippen molar-refractivity contribution in [3.63, 3.8) is 0 Å². The van der Waals surface area contributed by atoms with E-state index in [2.05, 4.69) is 20.4 Å². The molecule has 1 aromatic heterocycles. The molecule has 0 aliphatic heterocycles. The average Bonchev–Trinajstić information content (AvgIpc) is 2.96. The number of alkyl halides is 3. The molecule has 27 heavy (non-hydrogen) atoms. The number of fused-ring (bicyclic) bond motifs is 1. The molecule has 138 valence electrons. The lowest BCUT2D eigenvalue weighted by atomic mass is 10.2. The second kappa shape index (κ2) is 7.30. The molecule has 0 spiro atoms. The number of benzene rings is 2. The summed E-state index contributed by atoms with van der Waals surface area (Å²) in [4.78, 5) is 16.2. The highest BCUT2D eigenvalue weighted by Crippen LogP contribution is 2.31. The minimum Gasteiger partial charge on any atom is -0.406 e. The van der Waals surface area contributed by atoms with Crippen LogP contribution in [0.25, 0.3) is 10.2 Å². The number of hydrogen-bond acceptors (Lipinski definition) is 5. The molecule has 6 nitrogen and oxygen atoms in total. The summed E-state index contributed by atoms with van der Waals surface area (Å²) in [5, 5.41) is 14.4. The molecule has 0 aliphatic rings. The number of amides is 2. The van der Waals surface area contributed by atoms with Crippen molar-refractivity contribution in [2.24, 2.45) is 0 Å². The van der Waals surface area contributed by atoms with Crippen LogP contribution in [0.5, 0.6) is 5.75 Å². The second-order valence-electron chi connectivity index (χ2n) is 5.08. The Morgan fingerprint density at radius 1 is 1.22 bits per heavy atom. The fourth-order valence-electron chi connectivity index (χ4n) is 2.10. The number of aromatic nitrogens is 1. The van der Waals surface area contributed by atoms with E-state index in [4.69, 9.17) is 16.9 Å². The van der Waals surface area contributed by atoms with Crippen LogP contribution < -0.4 is 15.4 Å². The van der Waals surface area contributed by atoms with Crippen LogP contribution in [0.4, 0.5) is 28.8 Å². The number of anilines is 2. The molecule has 2 aromatic carbocycles. The van der Waals surface area contributed by atoms with Crippen molar-refractivity contribution in [3.05, 3.63) is 47.0 Å². The number of rotatable bonds is 3. The van der Waals surface area contributed by atoms with Crippen LogP contribution in [-0.2, 0) is 0 Å². The molecule has 1 heterocycles. The van der Waals surface area contributed by atoms with Gasteiger partial charge in [0.25, 0.3) is 0 Å². The maximum absolute atomic E-state index is 12.3. The third kappa shape index (κ3) is 4.78. The van der Waals surface area contributed by atoms with Gasteiger partial charge in [-0.15, -0.1) is 13.2 Å². The smallest absolute Gasteiger partial charge is 0.406 e. The summed E-state index contributed by atoms with van der Waals surface area (Å²) in [6, 6.07) is 9.32. The minimum atomic E-state index is -4.79. The molecule has 3 aromatic rings. The molecule has 11 heteroatoms. The first-order chi connectivity index (χ1) is 12.7. The number of nitriles is 1. The Kier molecular flexibility index (Phi) is 5.07. The first-order valence-electron chi connectivity index (χ1n) is 7.17. The summed E-state index contributed by atoms with van der Waals surface area (Å²) >= 11 is 6.80. The molecule has 0 atom stereocenters. The van der Waals surface area contributed by atoms with Gasteiger partial charge in [-0.2, -0.15) is 5.26 Å². The molecular formula is C16H8ClF3N4O2S. The van der Waals surface area contributed by atoms with Crippen molar-refractivity contribution in [1.29, 1.82) is 5.26 Å². The zero-order chi connectivity index (χ0) is 19.6. The molecule has 0 unspecified atom stereocenters. The fraction of sp³-hybridized carbons (Fsp3) is 0.0625. The Morgan fingerprint density at radius 2 is 2.00 bits per heavy atom. The number of nitrogens with one attached hydrogen (secondary N) is 2. The summed E-state index contributed by atoms with van der Waals surface area (Å²) in [5.41, 5.74) is 0.949. The Morgan fingerprint density at radius 3 is 2.70 bits per heavy atom. The van der Waals surface area contributed by atoms with Crippen molar-refractivity contribution in [2.45, 2.75) is 6.36 Å². The van der Waals surface area contributed by atoms with Gasteiger partial charge in [0, 0.05) is 11.8 Å². The van der Waals surface area contributed by atoms with Crippen molar-refractivity contribution in [2.75, 3.05) is 10.6 Å². The summed E-state index contributed by atoms with van der Waals surface area (Å²) in [6.45, 7) is 0. The molecule has 3 rings (SSSR count). The van der Waals surface area contributed by atoms with Crippen molar-refractivity contribution >= 4 is 50.0 Å². The van der Waals surface area contributed by atoms with Gasteiger partial charge in [-0.25, -0.2) is 9.78 Å². The standard InChI is InChI=1S/C16H8ClF3N4O2S/c17-11-3-1-9(5-8(11)7-21)22-14(25)24-15-23-12-4-2-10(6-13(12)27-15)26-16(18,19)20/h1-6H,(H2,22,23,24,25). The molecule has 0 fully saturated rings. The first kappa shape index (κ1) is 18.8. The summed E-state index contributed by atoms with van der Waals surface area (Å²) in [5.74, 6) is -0.375. The fourth-order valence-corrected chi connectivity index (χ4v) is 3.15. The number of carbonyl (C=O) groups is 1. The minimum absolute atomic E-state index is 0.182. The predicted molar refractivity (Wildman–Crippen MR) is 95.1 cm³/mol. The number of nitrogens with zero attached hydrogens (tertiary/aromatic N) is 2. The quantitative estimate of drug-likeness (QED) is 0.606. The zero-order valence-corrected chi connectivity index (χ0v) is 14.7. The number of thiazole rings is 1. The molecule has 0 aliphatic carbocycles. The lowest BCUT2D eigenvalue weighted by Crippen LogP contribution is -2.19. The van der Waals surface area contributed by atoms with Crippen molar-refractivity contribution < 1.29 is 22.7 Å². The van der Waals surface area contributed by atoms with Gasteiger partial charge in [-0.3, -0.25) is 5.32 Å². The number of hydrogen-bond donors (Lipinski definition) is 2. The van der Waals surface area contributed by atoms with E-state index in [1.165, 1.54) is 30.3 Å². The molecule has 2 amide bonds. The third-order valence-electron chi connectivity index (χ3n) is 3.16. The van der Waals surface area contributed by atoms with E-state index in [1.807, 2.05) is 6.07 Å². The molecule has 0 saturated heterocycles. The first-order valence-corrected chi connectivity index (χ1v) is 8.37. The van der Waals surface area contributed by atoms with Crippen LogP contribution in [0.1, 0.15) is 5.56 Å². The van der Waals surface area contributed by atoms with Gasteiger partial charge >= 0.3 is 12.4 Å². The monoisotopic (exact) mass is 412 g/mol. The summed E-state index contributed by atoms with van der Waals surface area (Å²) in [7, 11) is 0. The van der Waals surface area contributed by atoms with E-state index < -0.39 is 12.4 Å². The maximum Gasteiger partial charge on any atom is 0.573 e. The lowest BCUT2D eigenvalue weighted by molar-refractivity contribution is -0.274. The van der Waals surface area contributed by atoms with Gasteiger partial charge in [0.2, 0.25) is 0 Å². The van der Waals surface area contributed by atoms with E-state index in [0.717, 1.165) is 17.4 Å². The highest BCUT2D eigenvalue weighted by molar-refractivity contribution is 7.22. The van der Waals surface area contributed by atoms with E-state index >= 15 is 0 Å². The van der Waals surface area contributed by atoms with Crippen LogP contribution in [0, 0.1) is 11.3 Å². The predicted octanol–water partition coefficient (Wildman–Crippen LogP) is 5.36. The Bertz CT molecular complexity index is 1060. The maximum atomic E-state index is 12.3. The van der Waals surface area contributed by atoms with Crippen molar-refractivity contribution in [3.8, 4) is 11.8 Å². The van der Waals surface area contributed by atoms with Crippen LogP contribution in [0.15, 0.2) is 36.4 Å². The molecule has 2 N–H and O–H groups in total. The van der Waals surface area contributed by atoms with Crippen LogP contribution >= 0.6 is 22.9 Å². The number of halogens is 4. The number of urea groups is 1. The lowest BCUT2D eigenvalue weighted by Gasteiger charge is -2.07. The van der Waals surface area contributed by atoms with Crippen molar-refractivity contribution in [1.82, 2.24) is 4.98 Å². The Balaban J connectivity index is 1.72. The molecule has 0 radical (unpaired) electrons. The van der Waals surface area contributed by atoms with Gasteiger partial charge in [-0.05, 0) is 30.3 Å². The van der Waals surface area contributed by atoms with Gasteiger partial charge in [0.05, 0.1) is 20.8 Å². The number of carbonyl (C=O) groups excluding carboxylic acids is 1. The summed E-state index contributed by atoms with van der Waals surface area (Å²) < 4.78 is 41.1. The van der Waals surface area contributed by atoms with E-state index in [1.54, 1.807) is 0 Å². The van der Waals surface area contributed by atoms with Gasteiger partial charge < -0.3 is 10.1 Å². The molecular weight excluding hydrogens is 405 g/mol. The highest BCUT2D eigenvalue weighted by Gasteiger charge is 2.31. The Hall–Kier alpha value is -3.03. The highest BCUT2D eigenvalue weighted by atomic mass is 35.5.